The molecule has 1 amide bonds. The smallest absolute Gasteiger partial charge is 0.335 e. The fraction of sp³-hybridized carbons (Fsp3) is 0.111. The van der Waals surface area contributed by atoms with Gasteiger partial charge >= 0.3 is 5.97 Å². The monoisotopic (exact) mass is 484 g/mol. The van der Waals surface area contributed by atoms with Crippen LogP contribution in [0.1, 0.15) is 32.4 Å². The molecule has 0 radical (unpaired) electrons. The van der Waals surface area contributed by atoms with Gasteiger partial charge in [-0.2, -0.15) is 5.10 Å². The van der Waals surface area contributed by atoms with Crippen molar-refractivity contribution in [3.8, 4) is 16.9 Å². The number of carboxylic acids is 1. The molecule has 0 spiro atoms. The fourth-order valence-corrected chi connectivity index (χ4v) is 3.97. The van der Waals surface area contributed by atoms with Crippen molar-refractivity contribution in [1.82, 2.24) is 14.3 Å². The van der Waals surface area contributed by atoms with E-state index >= 15 is 0 Å². The molecule has 0 aliphatic rings. The van der Waals surface area contributed by atoms with Crippen LogP contribution in [-0.4, -0.2) is 44.3 Å². The highest BCUT2D eigenvalue weighted by molar-refractivity contribution is 6.09. The lowest BCUT2D eigenvalue weighted by Crippen LogP contribution is -2.10. The third-order valence-electron chi connectivity index (χ3n) is 5.81. The number of benzene rings is 3. The van der Waals surface area contributed by atoms with E-state index in [1.807, 2.05) is 36.0 Å². The van der Waals surface area contributed by atoms with Gasteiger partial charge in [0.05, 0.1) is 35.5 Å². The second kappa shape index (κ2) is 9.75. The van der Waals surface area contributed by atoms with E-state index in [1.54, 1.807) is 42.6 Å². The first-order valence-electron chi connectivity index (χ1n) is 10.9. The molecule has 9 nitrogen and oxygen atoms in total. The van der Waals surface area contributed by atoms with E-state index in [9.17, 15) is 14.4 Å². The predicted molar refractivity (Wildman–Crippen MR) is 136 cm³/mol. The molecule has 3 aromatic carbocycles. The Bertz CT molecular complexity index is 1630. The Labute approximate surface area is 206 Å². The summed E-state index contributed by atoms with van der Waals surface area (Å²) in [4.78, 5) is 33.7. The van der Waals surface area contributed by atoms with Gasteiger partial charge in [-0.05, 0) is 53.6 Å². The summed E-state index contributed by atoms with van der Waals surface area (Å²) in [6, 6.07) is 18.1. The van der Waals surface area contributed by atoms with Crippen molar-refractivity contribution in [2.45, 2.75) is 6.92 Å². The number of hydrogen-bond donors (Lipinski definition) is 2. The number of hydrogen-bond acceptors (Lipinski definition) is 5. The van der Waals surface area contributed by atoms with Crippen molar-refractivity contribution in [1.29, 1.82) is 0 Å². The quantitative estimate of drug-likeness (QED) is 0.390. The van der Waals surface area contributed by atoms with Gasteiger partial charge in [-0.1, -0.05) is 18.2 Å². The van der Waals surface area contributed by atoms with E-state index in [-0.39, 0.29) is 5.91 Å². The van der Waals surface area contributed by atoms with E-state index in [2.05, 4.69) is 5.10 Å². The molecule has 2 heterocycles. The third-order valence-corrected chi connectivity index (χ3v) is 5.81. The van der Waals surface area contributed by atoms with E-state index in [4.69, 9.17) is 15.6 Å². The van der Waals surface area contributed by atoms with Crippen LogP contribution in [0.15, 0.2) is 73.1 Å². The maximum Gasteiger partial charge on any atom is 0.335 e. The predicted octanol–water partition coefficient (Wildman–Crippen LogP) is 4.35. The number of nitrogens with zero attached hydrogens (tertiary/aromatic N) is 3. The number of rotatable bonds is 4. The van der Waals surface area contributed by atoms with Gasteiger partial charge < -0.3 is 15.6 Å². The van der Waals surface area contributed by atoms with Crippen LogP contribution >= 0.6 is 0 Å². The number of nitrogens with two attached hydrogens (primary N) is 1. The fourth-order valence-electron chi connectivity index (χ4n) is 3.97. The number of primary amides is 1. The van der Waals surface area contributed by atoms with Gasteiger partial charge in [-0.25, -0.2) is 4.79 Å². The summed E-state index contributed by atoms with van der Waals surface area (Å²) in [6.45, 7) is 1.43. The molecule has 0 atom stereocenters. The number of aromatic carboxylic acids is 1. The maximum atomic E-state index is 11.4. The SMILES string of the molecule is COc1ccc2c(c1)c(C(N)=O)cn2C(C)=O.Cn1ncc2cc(-c3cccc(C(=O)O)c3)ccc21. The van der Waals surface area contributed by atoms with Gasteiger partial charge in [0.25, 0.3) is 5.91 Å². The third kappa shape index (κ3) is 4.67. The van der Waals surface area contributed by atoms with E-state index in [0.717, 1.165) is 22.0 Å². The maximum absolute atomic E-state index is 11.4. The number of carbonyl (C=O) groups is 3. The molecule has 5 rings (SSSR count). The second-order valence-corrected chi connectivity index (χ2v) is 8.11. The van der Waals surface area contributed by atoms with Crippen LogP contribution in [0.5, 0.6) is 5.75 Å². The highest BCUT2D eigenvalue weighted by atomic mass is 16.5. The number of amides is 1. The number of methoxy groups -OCH3 is 1. The summed E-state index contributed by atoms with van der Waals surface area (Å²) in [5.41, 5.74) is 9.47. The van der Waals surface area contributed by atoms with Crippen molar-refractivity contribution < 1.29 is 24.2 Å². The Morgan fingerprint density at radius 1 is 0.972 bits per heavy atom. The molecule has 0 unspecified atom stereocenters. The van der Waals surface area contributed by atoms with Gasteiger partial charge in [0.1, 0.15) is 5.75 Å². The standard InChI is InChI=1S/C15H12N2O2.C12H12N2O3/c1-17-14-6-5-11(8-13(14)9-16-17)10-3-2-4-12(7-10)15(18)19;1-7(15)14-6-10(12(13)16)9-5-8(17-2)3-4-11(9)14/h2-9H,1H3,(H,18,19);3-6H,1-2H3,(H2,13,16). The van der Waals surface area contributed by atoms with Crippen LogP contribution in [0.3, 0.4) is 0 Å². The average Bonchev–Trinajstić information content (AvgIpc) is 3.44. The molecular weight excluding hydrogens is 460 g/mol. The van der Waals surface area contributed by atoms with Crippen LogP contribution in [0.4, 0.5) is 0 Å². The van der Waals surface area contributed by atoms with Crippen molar-refractivity contribution in [2.75, 3.05) is 7.11 Å². The lowest BCUT2D eigenvalue weighted by Gasteiger charge is -2.04. The lowest BCUT2D eigenvalue weighted by molar-refractivity contribution is 0.0696. The Morgan fingerprint density at radius 2 is 1.69 bits per heavy atom. The van der Waals surface area contributed by atoms with Gasteiger partial charge in [0.2, 0.25) is 5.91 Å². The Morgan fingerprint density at radius 3 is 2.36 bits per heavy atom. The van der Waals surface area contributed by atoms with Gasteiger partial charge in [-0.15, -0.1) is 0 Å². The Hall–Kier alpha value is -4.92. The van der Waals surface area contributed by atoms with E-state index < -0.39 is 11.9 Å². The molecule has 182 valence electrons. The molecule has 36 heavy (non-hydrogen) atoms. The minimum atomic E-state index is -0.913. The summed E-state index contributed by atoms with van der Waals surface area (Å²) in [7, 11) is 3.43. The largest absolute Gasteiger partial charge is 0.497 e. The lowest BCUT2D eigenvalue weighted by atomic mass is 10.0. The first-order valence-corrected chi connectivity index (χ1v) is 10.9. The number of aromatic nitrogens is 3. The summed E-state index contributed by atoms with van der Waals surface area (Å²) < 4.78 is 8.29. The molecule has 0 aliphatic carbocycles. The number of carbonyl (C=O) groups excluding carboxylic acids is 2. The molecule has 0 bridgehead atoms. The molecular formula is C27H24N4O5. The second-order valence-electron chi connectivity index (χ2n) is 8.11. The normalized spacial score (nSPS) is 10.6. The molecule has 0 aliphatic heterocycles. The molecule has 2 aromatic heterocycles. The molecule has 0 fully saturated rings. The van der Waals surface area contributed by atoms with Gasteiger partial charge in [-0.3, -0.25) is 18.8 Å². The van der Waals surface area contributed by atoms with Crippen LogP contribution in [0, 0.1) is 0 Å². The summed E-state index contributed by atoms with van der Waals surface area (Å²) in [6.07, 6.45) is 3.26. The zero-order valence-electron chi connectivity index (χ0n) is 19.9. The molecule has 9 heteroatoms. The molecule has 0 saturated carbocycles. The van der Waals surface area contributed by atoms with Gasteiger partial charge in [0, 0.05) is 30.9 Å². The zero-order valence-corrected chi connectivity index (χ0v) is 19.9. The van der Waals surface area contributed by atoms with Crippen LogP contribution in [-0.2, 0) is 7.05 Å². The van der Waals surface area contributed by atoms with E-state index in [0.29, 0.717) is 27.8 Å². The van der Waals surface area contributed by atoms with Crippen molar-refractivity contribution in [2.24, 2.45) is 12.8 Å². The minimum absolute atomic E-state index is 0.173. The molecule has 5 aromatic rings. The van der Waals surface area contributed by atoms with Gasteiger partial charge in [0.15, 0.2) is 0 Å². The first-order chi connectivity index (χ1) is 17.2. The number of fused-ring (bicyclic) bond motifs is 2. The minimum Gasteiger partial charge on any atom is -0.497 e. The van der Waals surface area contributed by atoms with Crippen molar-refractivity contribution in [3.05, 3.63) is 84.2 Å². The molecule has 3 N–H and O–H groups in total. The number of ether oxygens (including phenoxy) is 1. The topological polar surface area (TPSA) is 129 Å². The number of carboxylic acid groups (broad SMARTS) is 1. The van der Waals surface area contributed by atoms with Crippen LogP contribution in [0.2, 0.25) is 0 Å². The van der Waals surface area contributed by atoms with E-state index in [1.165, 1.54) is 24.8 Å². The van der Waals surface area contributed by atoms with Crippen molar-refractivity contribution in [3.63, 3.8) is 0 Å². The van der Waals surface area contributed by atoms with Crippen LogP contribution < -0.4 is 10.5 Å². The summed E-state index contributed by atoms with van der Waals surface area (Å²) >= 11 is 0. The zero-order chi connectivity index (χ0) is 26.0. The highest BCUT2D eigenvalue weighted by Crippen LogP contribution is 2.26. The van der Waals surface area contributed by atoms with Crippen molar-refractivity contribution >= 4 is 39.6 Å². The molecule has 0 saturated heterocycles. The summed E-state index contributed by atoms with van der Waals surface area (Å²) in [5.74, 6) is -1.04. The highest BCUT2D eigenvalue weighted by Gasteiger charge is 2.15. The Kier molecular flexibility index (Phi) is 6.56. The number of aryl methyl sites for hydroxylation is 1. The average molecular weight is 485 g/mol. The Balaban J connectivity index is 0.000000170. The van der Waals surface area contributed by atoms with Crippen LogP contribution in [0.25, 0.3) is 32.9 Å². The summed E-state index contributed by atoms with van der Waals surface area (Å²) in [5, 5.41) is 14.9. The first kappa shape index (κ1) is 24.2.